The Bertz CT molecular complexity index is 1620. The van der Waals surface area contributed by atoms with Crippen LogP contribution >= 0.6 is 23.2 Å². The molecule has 0 saturated carbocycles. The minimum Gasteiger partial charge on any atom is -0.338 e. The summed E-state index contributed by atoms with van der Waals surface area (Å²) in [4.78, 5) is 57.1. The van der Waals surface area contributed by atoms with E-state index in [1.165, 1.54) is 22.6 Å². The number of ketones is 1. The van der Waals surface area contributed by atoms with Gasteiger partial charge in [-0.15, -0.1) is 0 Å². The molecule has 0 radical (unpaired) electrons. The molecule has 236 valence electrons. The number of hydrogen-bond donors (Lipinski definition) is 2. The lowest BCUT2D eigenvalue weighted by Crippen LogP contribution is -2.49. The van der Waals surface area contributed by atoms with E-state index in [4.69, 9.17) is 28.9 Å². The second-order valence-electron chi connectivity index (χ2n) is 11.5. The van der Waals surface area contributed by atoms with Crippen LogP contribution in [0.4, 0.5) is 10.1 Å². The van der Waals surface area contributed by atoms with E-state index < -0.39 is 23.7 Å². The lowest BCUT2D eigenvalue weighted by atomic mass is 9.87. The van der Waals surface area contributed by atoms with E-state index in [2.05, 4.69) is 11.4 Å². The van der Waals surface area contributed by atoms with Crippen molar-refractivity contribution in [3.05, 3.63) is 98.8 Å². The normalized spacial score (nSPS) is 16.4. The average molecular weight is 654 g/mol. The average Bonchev–Trinajstić information content (AvgIpc) is 3.06. The lowest BCUT2D eigenvalue weighted by Gasteiger charge is -2.37. The number of Topliss-reactive ketones (excluding diaryl/α,β-unsaturated/α-hetero) is 1. The monoisotopic (exact) mass is 652 g/mol. The number of carbonyl (C=O) groups is 4. The van der Waals surface area contributed by atoms with Crippen LogP contribution in [0.2, 0.25) is 10.0 Å². The lowest BCUT2D eigenvalue weighted by molar-refractivity contribution is -0.143. The molecular formula is C34H35Cl2FN4O4. The molecular weight excluding hydrogens is 618 g/mol. The number of amides is 3. The first-order chi connectivity index (χ1) is 21.7. The highest BCUT2D eigenvalue weighted by molar-refractivity contribution is 6.42. The predicted molar refractivity (Wildman–Crippen MR) is 171 cm³/mol. The second-order valence-corrected chi connectivity index (χ2v) is 12.3. The Morgan fingerprint density at radius 2 is 1.53 bits per heavy atom. The summed E-state index contributed by atoms with van der Waals surface area (Å²) < 4.78 is 14.6. The summed E-state index contributed by atoms with van der Waals surface area (Å²) in [5.41, 5.74) is 9.84. The van der Waals surface area contributed by atoms with E-state index in [0.717, 1.165) is 23.1 Å². The van der Waals surface area contributed by atoms with Gasteiger partial charge in [-0.1, -0.05) is 71.7 Å². The van der Waals surface area contributed by atoms with Crippen molar-refractivity contribution in [3.8, 4) is 0 Å². The molecule has 0 spiro atoms. The van der Waals surface area contributed by atoms with Crippen LogP contribution in [0.25, 0.3) is 0 Å². The molecule has 0 aliphatic carbocycles. The quantitative estimate of drug-likeness (QED) is 0.288. The van der Waals surface area contributed by atoms with E-state index >= 15 is 0 Å². The van der Waals surface area contributed by atoms with Gasteiger partial charge >= 0.3 is 0 Å². The van der Waals surface area contributed by atoms with E-state index in [0.29, 0.717) is 13.1 Å². The van der Waals surface area contributed by atoms with Crippen LogP contribution in [0.1, 0.15) is 47.9 Å². The Morgan fingerprint density at radius 1 is 0.889 bits per heavy atom. The predicted octanol–water partition coefficient (Wildman–Crippen LogP) is 5.31. The topological polar surface area (TPSA) is 113 Å². The number of hydrogen-bond acceptors (Lipinski definition) is 5. The van der Waals surface area contributed by atoms with Gasteiger partial charge in [-0.3, -0.25) is 19.2 Å². The maximum absolute atomic E-state index is 14.6. The number of fused-ring (bicyclic) bond motifs is 2. The van der Waals surface area contributed by atoms with Gasteiger partial charge in [-0.05, 0) is 53.8 Å². The molecule has 0 fully saturated rings. The van der Waals surface area contributed by atoms with Crippen molar-refractivity contribution in [1.29, 1.82) is 0 Å². The minimum absolute atomic E-state index is 0.00569. The van der Waals surface area contributed by atoms with Gasteiger partial charge in [0.25, 0.3) is 0 Å². The van der Waals surface area contributed by atoms with Gasteiger partial charge in [-0.25, -0.2) is 4.39 Å². The van der Waals surface area contributed by atoms with Gasteiger partial charge in [0.1, 0.15) is 0 Å². The summed E-state index contributed by atoms with van der Waals surface area (Å²) in [6.45, 7) is 1.45. The molecule has 3 amide bonds. The SMILES string of the molecule is NCC[C@H](CC(=O)[C@@H]1Cc2ccccc2CN1C(=O)CCC(=O)N1CCc2ccccc2C1)C(=O)Nc1ccc(Cl)c(Cl)c1F. The summed E-state index contributed by atoms with van der Waals surface area (Å²) in [7, 11) is 0. The third-order valence-electron chi connectivity index (χ3n) is 8.60. The van der Waals surface area contributed by atoms with Crippen molar-refractivity contribution in [2.45, 2.75) is 57.7 Å². The number of anilines is 1. The van der Waals surface area contributed by atoms with Gasteiger partial charge in [0.15, 0.2) is 11.6 Å². The van der Waals surface area contributed by atoms with Crippen LogP contribution in [0.3, 0.4) is 0 Å². The maximum Gasteiger partial charge on any atom is 0.228 e. The Labute approximate surface area is 271 Å². The first kappa shape index (κ1) is 32.6. The fourth-order valence-electron chi connectivity index (χ4n) is 6.06. The third kappa shape index (κ3) is 7.54. The molecule has 3 aromatic rings. The molecule has 2 heterocycles. The van der Waals surface area contributed by atoms with Gasteiger partial charge < -0.3 is 20.9 Å². The zero-order valence-electron chi connectivity index (χ0n) is 24.7. The first-order valence-corrected chi connectivity index (χ1v) is 15.8. The molecule has 2 aliphatic rings. The zero-order valence-corrected chi connectivity index (χ0v) is 26.2. The molecule has 3 aromatic carbocycles. The van der Waals surface area contributed by atoms with Gasteiger partial charge in [0.2, 0.25) is 17.7 Å². The highest BCUT2D eigenvalue weighted by atomic mass is 35.5. The number of nitrogens with two attached hydrogens (primary N) is 1. The molecule has 0 aromatic heterocycles. The van der Waals surface area contributed by atoms with E-state index in [9.17, 15) is 23.6 Å². The van der Waals surface area contributed by atoms with Crippen molar-refractivity contribution >= 4 is 52.4 Å². The third-order valence-corrected chi connectivity index (χ3v) is 9.38. The van der Waals surface area contributed by atoms with Crippen molar-refractivity contribution < 1.29 is 23.6 Å². The summed E-state index contributed by atoms with van der Waals surface area (Å²) >= 11 is 11.8. The smallest absolute Gasteiger partial charge is 0.228 e. The van der Waals surface area contributed by atoms with Gasteiger partial charge in [0.05, 0.1) is 21.8 Å². The molecule has 11 heteroatoms. The van der Waals surface area contributed by atoms with Gasteiger partial charge in [0, 0.05) is 51.2 Å². The molecule has 2 atom stereocenters. The molecule has 3 N–H and O–H groups in total. The van der Waals surface area contributed by atoms with Crippen LogP contribution < -0.4 is 11.1 Å². The Kier molecular flexibility index (Phi) is 10.5. The Hall–Kier alpha value is -3.79. The summed E-state index contributed by atoms with van der Waals surface area (Å²) in [6, 6.07) is 17.5. The van der Waals surface area contributed by atoms with Crippen molar-refractivity contribution in [3.63, 3.8) is 0 Å². The number of rotatable bonds is 10. The second kappa shape index (κ2) is 14.5. The van der Waals surface area contributed by atoms with Crippen LogP contribution in [0.15, 0.2) is 60.7 Å². The largest absolute Gasteiger partial charge is 0.338 e. The Morgan fingerprint density at radius 3 is 2.24 bits per heavy atom. The number of benzene rings is 3. The molecule has 0 saturated heterocycles. The van der Waals surface area contributed by atoms with Crippen LogP contribution in [0.5, 0.6) is 0 Å². The minimum atomic E-state index is -0.876. The summed E-state index contributed by atoms with van der Waals surface area (Å²) in [5, 5.41) is 2.19. The zero-order chi connectivity index (χ0) is 32.1. The fourth-order valence-corrected chi connectivity index (χ4v) is 6.37. The van der Waals surface area contributed by atoms with Crippen molar-refractivity contribution in [2.24, 2.45) is 11.7 Å². The fraction of sp³-hybridized carbons (Fsp3) is 0.353. The highest BCUT2D eigenvalue weighted by Crippen LogP contribution is 2.31. The number of nitrogens with zero attached hydrogens (tertiary/aromatic N) is 2. The molecule has 0 unspecified atom stereocenters. The van der Waals surface area contributed by atoms with Crippen LogP contribution in [-0.2, 0) is 45.1 Å². The number of carbonyl (C=O) groups excluding carboxylic acids is 4. The van der Waals surface area contributed by atoms with E-state index in [-0.39, 0.29) is 78.5 Å². The molecule has 8 nitrogen and oxygen atoms in total. The summed E-state index contributed by atoms with van der Waals surface area (Å²) in [5.74, 6) is -3.04. The molecule has 0 bridgehead atoms. The van der Waals surface area contributed by atoms with Crippen molar-refractivity contribution in [1.82, 2.24) is 9.80 Å². The molecule has 45 heavy (non-hydrogen) atoms. The highest BCUT2D eigenvalue weighted by Gasteiger charge is 2.36. The summed E-state index contributed by atoms with van der Waals surface area (Å²) in [6.07, 6.45) is 1.03. The maximum atomic E-state index is 14.6. The van der Waals surface area contributed by atoms with Crippen LogP contribution in [-0.4, -0.2) is 52.4 Å². The standard InChI is InChI=1S/C34H35Cl2FN4O4/c35-26-9-10-27(33(37)32(26)36)39-34(45)23(13-15-38)18-29(42)28-17-22-6-2-4-8-25(22)20-41(28)31(44)12-11-30(43)40-16-14-21-5-1-3-7-24(21)19-40/h1-10,23,28H,11-20,38H2,(H,39,45)/t23-,28+/m1/s1. The van der Waals surface area contributed by atoms with Crippen LogP contribution in [0, 0.1) is 11.7 Å². The number of nitrogens with one attached hydrogen (secondary N) is 1. The molecule has 5 rings (SSSR count). The van der Waals surface area contributed by atoms with E-state index in [1.807, 2.05) is 42.5 Å². The Balaban J connectivity index is 1.27. The van der Waals surface area contributed by atoms with E-state index in [1.54, 1.807) is 4.90 Å². The molecule has 2 aliphatic heterocycles. The first-order valence-electron chi connectivity index (χ1n) is 15.0. The number of halogens is 3. The van der Waals surface area contributed by atoms with Crippen molar-refractivity contribution in [2.75, 3.05) is 18.4 Å². The van der Waals surface area contributed by atoms with Gasteiger partial charge in [-0.2, -0.15) is 0 Å².